The third-order valence-electron chi connectivity index (χ3n) is 5.77. The Balaban J connectivity index is 0.000000913. The van der Waals surface area contributed by atoms with Crippen molar-refractivity contribution >= 4 is 32.2 Å². The number of aryl methyl sites for hydroxylation is 2. The van der Waals surface area contributed by atoms with Crippen LogP contribution in [0.2, 0.25) is 0 Å². The molecule has 3 rings (SSSR count). The van der Waals surface area contributed by atoms with Gasteiger partial charge < -0.3 is 30.7 Å². The number of hydrogen-bond donors (Lipinski definition) is 2. The van der Waals surface area contributed by atoms with Crippen molar-refractivity contribution in [3.05, 3.63) is 87.5 Å². The smallest absolute Gasteiger partial charge is 0.872 e. The van der Waals surface area contributed by atoms with E-state index < -0.39 is 11.7 Å². The van der Waals surface area contributed by atoms with Crippen molar-refractivity contribution < 1.29 is 30.7 Å². The van der Waals surface area contributed by atoms with Crippen LogP contribution in [-0.2, 0) is 17.3 Å². The van der Waals surface area contributed by atoms with Gasteiger partial charge in [0.05, 0.1) is 5.97 Å². The van der Waals surface area contributed by atoms with Crippen LogP contribution < -0.4 is 10.2 Å². The van der Waals surface area contributed by atoms with Crippen molar-refractivity contribution in [2.75, 3.05) is 0 Å². The van der Waals surface area contributed by atoms with Crippen molar-refractivity contribution in [1.29, 1.82) is 0 Å². The number of carbonyl (C=O) groups is 1. The number of rotatable bonds is 3. The molecule has 0 saturated carbocycles. The monoisotopic (exact) mass is 703 g/mol. The van der Waals surface area contributed by atoms with Crippen LogP contribution in [0.25, 0.3) is 0 Å². The Labute approximate surface area is 239 Å². The number of carboxylic acid groups (broad SMARTS) is 1. The molecule has 7 heteroatoms. The Hall–Kier alpha value is -2.63. The van der Waals surface area contributed by atoms with Crippen LogP contribution in [0, 0.1) is 13.8 Å². The van der Waals surface area contributed by atoms with E-state index in [1.54, 1.807) is 0 Å². The van der Waals surface area contributed by atoms with Crippen LogP contribution in [0.5, 0.6) is 17.2 Å². The van der Waals surface area contributed by atoms with Gasteiger partial charge in [-0.2, -0.15) is 0 Å². The van der Waals surface area contributed by atoms with E-state index in [0.29, 0.717) is 17.9 Å². The Morgan fingerprint density at radius 3 is 1.46 bits per heavy atom. The Morgan fingerprint density at radius 1 is 0.784 bits per heavy atom. The summed E-state index contributed by atoms with van der Waals surface area (Å²) in [6.45, 7) is 16.7. The largest absolute Gasteiger partial charge is 2.00 e. The van der Waals surface area contributed by atoms with Crippen molar-refractivity contribution in [2.24, 2.45) is 0 Å². The average Bonchev–Trinajstić information content (AvgIpc) is 2.71. The zero-order chi connectivity index (χ0) is 26.7. The SMILES string of the molecule is Cc1cc(Cc2cc(C)cc(C(C)(C)C)c2O)c(O)c(C(C)(C)C)c1.O.O=C([O-])c1ccccc1[O-].[Bi+2]. The average molecular weight is 704 g/mol. The number of phenolic OH excluding ortho intramolecular Hbond substituents is 2. The molecule has 3 aromatic rings. The molecule has 0 spiro atoms. The maximum absolute atomic E-state index is 10.8. The first-order chi connectivity index (χ1) is 16.0. The summed E-state index contributed by atoms with van der Waals surface area (Å²) in [7, 11) is 0. The number of carbonyl (C=O) groups excluding carboxylic acids is 1. The summed E-state index contributed by atoms with van der Waals surface area (Å²) in [5, 5.41) is 42.4. The number of aromatic hydroxyl groups is 2. The maximum Gasteiger partial charge on any atom is 2.00 e. The summed E-state index contributed by atoms with van der Waals surface area (Å²) in [5.74, 6) is -1.25. The number of aromatic carboxylic acids is 1. The molecule has 3 radical (unpaired) electrons. The van der Waals surface area contributed by atoms with Crippen LogP contribution in [0.15, 0.2) is 48.5 Å². The van der Waals surface area contributed by atoms with Gasteiger partial charge in [-0.15, -0.1) is 0 Å². The van der Waals surface area contributed by atoms with Crippen molar-refractivity contribution in [2.45, 2.75) is 72.6 Å². The van der Waals surface area contributed by atoms with Crippen molar-refractivity contribution in [1.82, 2.24) is 0 Å². The second-order valence-electron chi connectivity index (χ2n) is 11.1. The minimum atomic E-state index is -1.43. The molecule has 0 aliphatic heterocycles. The molecule has 0 bridgehead atoms. The van der Waals surface area contributed by atoms with E-state index in [2.05, 4.69) is 67.5 Å². The summed E-state index contributed by atoms with van der Waals surface area (Å²) >= 11 is 0. The first kappa shape index (κ1) is 34.4. The van der Waals surface area contributed by atoms with Gasteiger partial charge in [-0.25, -0.2) is 0 Å². The standard InChI is InChI=1S/C23H32O2.C7H6O3.Bi.H2O/c1-14-9-16(20(24)18(11-14)22(3,4)5)13-17-10-15(2)12-19(21(17)25)23(6,7)8;8-6-4-2-1-3-5(6)7(9)10;;/h9-12,24-25H,13H2,1-8H3;1-4,8H,(H,9,10);;1H2/q;;+2;/p-2. The number of para-hydroxylation sites is 1. The van der Waals surface area contributed by atoms with Crippen LogP contribution in [0.1, 0.15) is 85.3 Å². The third-order valence-corrected chi connectivity index (χ3v) is 5.77. The first-order valence-electron chi connectivity index (χ1n) is 11.7. The fourth-order valence-corrected chi connectivity index (χ4v) is 3.96. The Kier molecular flexibility index (Phi) is 12.3. The number of phenols is 2. The van der Waals surface area contributed by atoms with Gasteiger partial charge in [-0.1, -0.05) is 107 Å². The zero-order valence-corrected chi connectivity index (χ0v) is 26.4. The molecule has 0 aromatic heterocycles. The fourth-order valence-electron chi connectivity index (χ4n) is 3.96. The van der Waals surface area contributed by atoms with Crippen LogP contribution in [0.4, 0.5) is 0 Å². The maximum atomic E-state index is 10.8. The normalized spacial score (nSPS) is 10.9. The van der Waals surface area contributed by atoms with Gasteiger partial charge in [0.2, 0.25) is 0 Å². The first-order valence-corrected chi connectivity index (χ1v) is 11.7. The molecule has 4 N–H and O–H groups in total. The van der Waals surface area contributed by atoms with E-state index in [1.165, 1.54) is 24.3 Å². The van der Waals surface area contributed by atoms with E-state index >= 15 is 0 Å². The second kappa shape index (κ2) is 13.3. The molecule has 37 heavy (non-hydrogen) atoms. The molecule has 6 nitrogen and oxygen atoms in total. The van der Waals surface area contributed by atoms with Crippen LogP contribution in [-0.4, -0.2) is 47.9 Å². The summed E-state index contributed by atoms with van der Waals surface area (Å²) in [5.41, 5.74) is 5.34. The molecule has 0 unspecified atom stereocenters. The van der Waals surface area contributed by atoms with Gasteiger partial charge in [0, 0.05) is 6.42 Å². The number of hydrogen-bond acceptors (Lipinski definition) is 5. The minimum Gasteiger partial charge on any atom is -0.872 e. The molecule has 0 fully saturated rings. The second-order valence-corrected chi connectivity index (χ2v) is 11.1. The van der Waals surface area contributed by atoms with E-state index in [-0.39, 0.29) is 48.1 Å². The van der Waals surface area contributed by atoms with Crippen LogP contribution in [0.3, 0.4) is 0 Å². The molecule has 3 aromatic carbocycles. The van der Waals surface area contributed by atoms with E-state index in [4.69, 9.17) is 0 Å². The predicted octanol–water partition coefficient (Wildman–Crippen LogP) is 3.82. The van der Waals surface area contributed by atoms with Crippen LogP contribution >= 0.6 is 0 Å². The molecule has 0 aliphatic rings. The van der Waals surface area contributed by atoms with Gasteiger partial charge in [0.15, 0.2) is 0 Å². The number of carboxylic acids is 1. The Morgan fingerprint density at radius 2 is 1.16 bits per heavy atom. The predicted molar refractivity (Wildman–Crippen MR) is 145 cm³/mol. The van der Waals surface area contributed by atoms with E-state index in [1.807, 2.05) is 12.1 Å². The zero-order valence-electron chi connectivity index (χ0n) is 22.9. The molecule has 0 atom stereocenters. The molecule has 199 valence electrons. The van der Waals surface area contributed by atoms with Gasteiger partial charge >= 0.3 is 26.2 Å². The summed E-state index contributed by atoms with van der Waals surface area (Å²) in [4.78, 5) is 10.1. The van der Waals surface area contributed by atoms with Gasteiger partial charge in [-0.3, -0.25) is 0 Å². The van der Waals surface area contributed by atoms with E-state index in [0.717, 1.165) is 33.4 Å². The van der Waals surface area contributed by atoms with Crippen molar-refractivity contribution in [3.63, 3.8) is 0 Å². The molecule has 0 aliphatic carbocycles. The summed E-state index contributed by atoms with van der Waals surface area (Å²) in [6.07, 6.45) is 0.521. The quantitative estimate of drug-likeness (QED) is 0.401. The molecular weight excluding hydrogens is 665 g/mol. The molecular formula is C30H38BiO6. The van der Waals surface area contributed by atoms with Gasteiger partial charge in [0.1, 0.15) is 11.5 Å². The van der Waals surface area contributed by atoms with E-state index in [9.17, 15) is 25.2 Å². The topological polar surface area (TPSA) is 135 Å². The van der Waals surface area contributed by atoms with Gasteiger partial charge in [0.25, 0.3) is 0 Å². The molecule has 0 amide bonds. The van der Waals surface area contributed by atoms with Crippen molar-refractivity contribution in [3.8, 4) is 17.2 Å². The summed E-state index contributed by atoms with van der Waals surface area (Å²) < 4.78 is 0. The van der Waals surface area contributed by atoms with Gasteiger partial charge in [-0.05, 0) is 52.5 Å². The Bertz CT molecular complexity index is 1150. The third kappa shape index (κ3) is 9.01. The molecule has 0 heterocycles. The fraction of sp³-hybridized carbons (Fsp3) is 0.367. The minimum absolute atomic E-state index is 0. The number of benzene rings is 3. The summed E-state index contributed by atoms with van der Waals surface area (Å²) in [6, 6.07) is 13.5. The molecule has 0 saturated heterocycles.